The van der Waals surface area contributed by atoms with Gasteiger partial charge in [0.2, 0.25) is 0 Å². The number of nitrogens with one attached hydrogen (secondary N) is 3. The molecule has 28 heavy (non-hydrogen) atoms. The van der Waals surface area contributed by atoms with Crippen LogP contribution in [0.2, 0.25) is 0 Å². The minimum atomic E-state index is -0.229. The first kappa shape index (κ1) is 20.4. The van der Waals surface area contributed by atoms with E-state index in [0.29, 0.717) is 38.8 Å². The largest absolute Gasteiger partial charge is 0.381 e. The van der Waals surface area contributed by atoms with E-state index in [1.54, 1.807) is 4.90 Å². The van der Waals surface area contributed by atoms with Crippen LogP contribution in [0.5, 0.6) is 0 Å². The van der Waals surface area contributed by atoms with Crippen molar-refractivity contribution in [3.63, 3.8) is 0 Å². The van der Waals surface area contributed by atoms with Crippen LogP contribution in [-0.4, -0.2) is 56.4 Å². The molecule has 2 fully saturated rings. The van der Waals surface area contributed by atoms with Gasteiger partial charge in [-0.3, -0.25) is 4.84 Å². The van der Waals surface area contributed by atoms with Crippen molar-refractivity contribution in [3.8, 4) is 0 Å². The molecular weight excluding hydrogens is 360 g/mol. The molecule has 4 amide bonds. The monoisotopic (exact) mass is 390 g/mol. The molecule has 2 saturated heterocycles. The zero-order valence-electron chi connectivity index (χ0n) is 16.4. The van der Waals surface area contributed by atoms with Gasteiger partial charge in [-0.2, -0.15) is 0 Å². The van der Waals surface area contributed by atoms with Gasteiger partial charge < -0.3 is 20.3 Å². The van der Waals surface area contributed by atoms with Crippen LogP contribution in [0.25, 0.3) is 0 Å². The Morgan fingerprint density at radius 3 is 2.79 bits per heavy atom. The van der Waals surface area contributed by atoms with Gasteiger partial charge in [0.15, 0.2) is 0 Å². The van der Waals surface area contributed by atoms with Crippen molar-refractivity contribution >= 4 is 17.7 Å². The third-order valence-corrected chi connectivity index (χ3v) is 5.17. The molecular formula is C20H30N4O4. The molecule has 2 unspecified atom stereocenters. The number of urea groups is 2. The molecule has 2 aliphatic heterocycles. The van der Waals surface area contributed by atoms with Gasteiger partial charge in [0, 0.05) is 37.8 Å². The number of carbonyl (C=O) groups excluding carboxylic acids is 2. The van der Waals surface area contributed by atoms with E-state index in [9.17, 15) is 9.59 Å². The van der Waals surface area contributed by atoms with Gasteiger partial charge in [0.05, 0.1) is 13.2 Å². The van der Waals surface area contributed by atoms with E-state index in [2.05, 4.69) is 16.1 Å². The van der Waals surface area contributed by atoms with Gasteiger partial charge in [-0.1, -0.05) is 17.7 Å². The predicted molar refractivity (Wildman–Crippen MR) is 106 cm³/mol. The highest BCUT2D eigenvalue weighted by atomic mass is 16.7. The maximum absolute atomic E-state index is 12.3. The Hall–Kier alpha value is -2.32. The lowest BCUT2D eigenvalue weighted by Gasteiger charge is -2.32. The van der Waals surface area contributed by atoms with Crippen molar-refractivity contribution in [2.45, 2.75) is 26.2 Å². The summed E-state index contributed by atoms with van der Waals surface area (Å²) >= 11 is 0. The van der Waals surface area contributed by atoms with E-state index in [4.69, 9.17) is 9.57 Å². The number of hydrogen-bond donors (Lipinski definition) is 3. The van der Waals surface area contributed by atoms with Gasteiger partial charge in [-0.05, 0) is 44.2 Å². The Morgan fingerprint density at radius 1 is 1.21 bits per heavy atom. The van der Waals surface area contributed by atoms with Crippen LogP contribution in [0.4, 0.5) is 15.3 Å². The third-order valence-electron chi connectivity index (χ3n) is 5.17. The molecule has 2 atom stereocenters. The predicted octanol–water partition coefficient (Wildman–Crippen LogP) is 2.51. The first-order valence-electron chi connectivity index (χ1n) is 9.96. The Balaban J connectivity index is 1.34. The molecule has 0 aliphatic carbocycles. The average Bonchev–Trinajstić information content (AvgIpc) is 3.22. The first-order chi connectivity index (χ1) is 13.6. The number of carbonyl (C=O) groups is 2. The highest BCUT2D eigenvalue weighted by Gasteiger charge is 2.24. The Kier molecular flexibility index (Phi) is 7.50. The second kappa shape index (κ2) is 10.3. The van der Waals surface area contributed by atoms with Gasteiger partial charge in [-0.15, -0.1) is 0 Å². The van der Waals surface area contributed by atoms with E-state index in [0.717, 1.165) is 37.1 Å². The molecule has 8 nitrogen and oxygen atoms in total. The minimum Gasteiger partial charge on any atom is -0.381 e. The van der Waals surface area contributed by atoms with Crippen LogP contribution in [0, 0.1) is 18.8 Å². The molecule has 0 spiro atoms. The van der Waals surface area contributed by atoms with E-state index in [1.165, 1.54) is 0 Å². The summed E-state index contributed by atoms with van der Waals surface area (Å²) in [6.45, 7) is 5.77. The summed E-state index contributed by atoms with van der Waals surface area (Å²) in [5, 5.41) is 5.73. The number of nitrogens with zero attached hydrogens (tertiary/aromatic N) is 1. The molecule has 3 rings (SSSR count). The minimum absolute atomic E-state index is 0.215. The zero-order valence-corrected chi connectivity index (χ0v) is 16.4. The van der Waals surface area contributed by atoms with Crippen molar-refractivity contribution < 1.29 is 19.2 Å². The summed E-state index contributed by atoms with van der Waals surface area (Å²) < 4.78 is 5.29. The van der Waals surface area contributed by atoms with Crippen LogP contribution in [0.15, 0.2) is 24.3 Å². The summed E-state index contributed by atoms with van der Waals surface area (Å²) in [4.78, 5) is 31.4. The van der Waals surface area contributed by atoms with Crippen LogP contribution in [0.1, 0.15) is 24.8 Å². The second-order valence-corrected chi connectivity index (χ2v) is 7.60. The summed E-state index contributed by atoms with van der Waals surface area (Å²) in [5.41, 5.74) is 4.44. The summed E-state index contributed by atoms with van der Waals surface area (Å²) in [5.74, 6) is 0.581. The summed E-state index contributed by atoms with van der Waals surface area (Å²) in [7, 11) is 0. The van der Waals surface area contributed by atoms with Crippen molar-refractivity contribution in [2.24, 2.45) is 11.8 Å². The Morgan fingerprint density at radius 2 is 2.04 bits per heavy atom. The SMILES string of the molecule is Cc1ccc(NC(=O)NCC2CCCN(C(=O)NOCC3CCOC3)C2)cc1. The lowest BCUT2D eigenvalue weighted by Crippen LogP contribution is -2.48. The quantitative estimate of drug-likeness (QED) is 0.651. The maximum atomic E-state index is 12.3. The van der Waals surface area contributed by atoms with Crippen LogP contribution in [-0.2, 0) is 9.57 Å². The van der Waals surface area contributed by atoms with Crippen molar-refractivity contribution in [2.75, 3.05) is 44.8 Å². The fourth-order valence-electron chi connectivity index (χ4n) is 3.47. The van der Waals surface area contributed by atoms with Crippen molar-refractivity contribution in [3.05, 3.63) is 29.8 Å². The van der Waals surface area contributed by atoms with Gasteiger partial charge in [0.1, 0.15) is 0 Å². The normalized spacial score (nSPS) is 22.0. The molecule has 1 aromatic rings. The molecule has 2 aliphatic rings. The number of likely N-dealkylation sites (tertiary alicyclic amines) is 1. The van der Waals surface area contributed by atoms with Crippen LogP contribution in [0.3, 0.4) is 0 Å². The highest BCUT2D eigenvalue weighted by molar-refractivity contribution is 5.89. The average molecular weight is 390 g/mol. The number of aryl methyl sites for hydroxylation is 1. The fourth-order valence-corrected chi connectivity index (χ4v) is 3.47. The lowest BCUT2D eigenvalue weighted by atomic mass is 9.98. The second-order valence-electron chi connectivity index (χ2n) is 7.60. The highest BCUT2D eigenvalue weighted by Crippen LogP contribution is 2.16. The Bertz CT molecular complexity index is 646. The van der Waals surface area contributed by atoms with Gasteiger partial charge in [0.25, 0.3) is 0 Å². The molecule has 1 aromatic carbocycles. The molecule has 0 bridgehead atoms. The summed E-state index contributed by atoms with van der Waals surface area (Å²) in [6, 6.07) is 7.21. The molecule has 0 radical (unpaired) electrons. The van der Waals surface area contributed by atoms with Crippen molar-refractivity contribution in [1.82, 2.24) is 15.7 Å². The number of amides is 4. The molecule has 2 heterocycles. The number of hydroxylamine groups is 1. The van der Waals surface area contributed by atoms with Crippen LogP contribution >= 0.6 is 0 Å². The standard InChI is InChI=1S/C20H30N4O4/c1-15-4-6-18(7-5-15)22-19(25)21-11-16-3-2-9-24(12-16)20(26)23-28-14-17-8-10-27-13-17/h4-7,16-17H,2-3,8-14H2,1H3,(H,23,26)(H2,21,22,25). The summed E-state index contributed by atoms with van der Waals surface area (Å²) in [6.07, 6.45) is 2.86. The number of ether oxygens (including phenoxy) is 1. The zero-order chi connectivity index (χ0) is 19.8. The van der Waals surface area contributed by atoms with E-state index in [1.807, 2.05) is 31.2 Å². The van der Waals surface area contributed by atoms with E-state index in [-0.39, 0.29) is 18.0 Å². The maximum Gasteiger partial charge on any atom is 0.341 e. The number of piperidine rings is 1. The number of anilines is 1. The topological polar surface area (TPSA) is 91.9 Å². The number of hydrogen-bond acceptors (Lipinski definition) is 4. The van der Waals surface area contributed by atoms with E-state index >= 15 is 0 Å². The third kappa shape index (κ3) is 6.38. The lowest BCUT2D eigenvalue weighted by molar-refractivity contribution is 0.0203. The molecule has 0 saturated carbocycles. The van der Waals surface area contributed by atoms with Gasteiger partial charge in [-0.25, -0.2) is 15.1 Å². The fraction of sp³-hybridized carbons (Fsp3) is 0.600. The molecule has 154 valence electrons. The first-order valence-corrected chi connectivity index (χ1v) is 9.96. The molecule has 8 heteroatoms. The number of rotatable bonds is 6. The molecule has 0 aromatic heterocycles. The number of benzene rings is 1. The van der Waals surface area contributed by atoms with Gasteiger partial charge >= 0.3 is 12.1 Å². The smallest absolute Gasteiger partial charge is 0.341 e. The van der Waals surface area contributed by atoms with Crippen LogP contribution < -0.4 is 16.1 Å². The molecule has 3 N–H and O–H groups in total. The Labute approximate surface area is 165 Å². The van der Waals surface area contributed by atoms with Crippen molar-refractivity contribution in [1.29, 1.82) is 0 Å². The van der Waals surface area contributed by atoms with E-state index < -0.39 is 0 Å².